The van der Waals surface area contributed by atoms with Crippen molar-refractivity contribution < 1.29 is 5.11 Å². The Balaban J connectivity index is 2.43. The summed E-state index contributed by atoms with van der Waals surface area (Å²) in [6, 6.07) is 16.0. The van der Waals surface area contributed by atoms with Gasteiger partial charge >= 0.3 is 0 Å². The van der Waals surface area contributed by atoms with Gasteiger partial charge in [-0.25, -0.2) is 0 Å². The van der Waals surface area contributed by atoms with Crippen molar-refractivity contribution in [3.05, 3.63) is 54.1 Å². The molecule has 0 unspecified atom stereocenters. The van der Waals surface area contributed by atoms with Crippen LogP contribution < -0.4 is 0 Å². The van der Waals surface area contributed by atoms with E-state index in [2.05, 4.69) is 19.9 Å². The van der Waals surface area contributed by atoms with Crippen LogP contribution in [0.1, 0.15) is 25.3 Å². The van der Waals surface area contributed by atoms with Crippen LogP contribution in [-0.2, 0) is 0 Å². The van der Waals surface area contributed by atoms with E-state index in [0.717, 1.165) is 16.7 Å². The lowest BCUT2D eigenvalue weighted by molar-refractivity contribution is 0.465. The number of hydrogen-bond acceptors (Lipinski definition) is 1. The fourth-order valence-corrected chi connectivity index (χ4v) is 1.84. The maximum atomic E-state index is 9.92. The van der Waals surface area contributed by atoms with Crippen molar-refractivity contribution in [2.45, 2.75) is 19.8 Å². The average molecular weight is 212 g/mol. The first-order chi connectivity index (χ1) is 7.68. The SMILES string of the molecule is CC(C)c1ccc(-c2ccccc2)cc1O. The first kappa shape index (κ1) is 10.7. The summed E-state index contributed by atoms with van der Waals surface area (Å²) in [4.78, 5) is 0. The molecule has 2 aromatic carbocycles. The van der Waals surface area contributed by atoms with Gasteiger partial charge in [0.1, 0.15) is 5.75 Å². The van der Waals surface area contributed by atoms with Crippen LogP contribution in [0.5, 0.6) is 5.75 Å². The van der Waals surface area contributed by atoms with Gasteiger partial charge in [-0.05, 0) is 28.7 Å². The molecular weight excluding hydrogens is 196 g/mol. The smallest absolute Gasteiger partial charge is 0.119 e. The Hall–Kier alpha value is -1.76. The average Bonchev–Trinajstić information content (AvgIpc) is 2.29. The van der Waals surface area contributed by atoms with Gasteiger partial charge in [-0.2, -0.15) is 0 Å². The molecule has 16 heavy (non-hydrogen) atoms. The summed E-state index contributed by atoms with van der Waals surface area (Å²) in [6.45, 7) is 4.16. The fraction of sp³-hybridized carbons (Fsp3) is 0.200. The molecule has 1 heteroatoms. The molecule has 0 bridgehead atoms. The molecule has 82 valence electrons. The quantitative estimate of drug-likeness (QED) is 0.791. The maximum Gasteiger partial charge on any atom is 0.119 e. The summed E-state index contributed by atoms with van der Waals surface area (Å²) in [6.07, 6.45) is 0. The number of hydrogen-bond donors (Lipinski definition) is 1. The van der Waals surface area contributed by atoms with Gasteiger partial charge in [0.15, 0.2) is 0 Å². The molecule has 0 heterocycles. The van der Waals surface area contributed by atoms with Crippen LogP contribution in [0.25, 0.3) is 11.1 Å². The highest BCUT2D eigenvalue weighted by molar-refractivity contribution is 5.66. The maximum absolute atomic E-state index is 9.92. The Bertz CT molecular complexity index is 472. The molecule has 0 amide bonds. The molecule has 2 aromatic rings. The van der Waals surface area contributed by atoms with Gasteiger partial charge in [0.2, 0.25) is 0 Å². The molecular formula is C15H16O. The van der Waals surface area contributed by atoms with E-state index in [-0.39, 0.29) is 0 Å². The number of phenolic OH excluding ortho intramolecular Hbond substituents is 1. The Labute approximate surface area is 96.4 Å². The second kappa shape index (κ2) is 4.40. The summed E-state index contributed by atoms with van der Waals surface area (Å²) < 4.78 is 0. The van der Waals surface area contributed by atoms with Crippen LogP contribution in [0.4, 0.5) is 0 Å². The fourth-order valence-electron chi connectivity index (χ4n) is 1.84. The van der Waals surface area contributed by atoms with E-state index in [4.69, 9.17) is 0 Å². The lowest BCUT2D eigenvalue weighted by Crippen LogP contribution is -1.88. The summed E-state index contributed by atoms with van der Waals surface area (Å²) >= 11 is 0. The van der Waals surface area contributed by atoms with Crippen molar-refractivity contribution in [3.8, 4) is 16.9 Å². The zero-order chi connectivity index (χ0) is 11.5. The van der Waals surface area contributed by atoms with E-state index >= 15 is 0 Å². The third-order valence-corrected chi connectivity index (χ3v) is 2.76. The van der Waals surface area contributed by atoms with E-state index in [1.54, 1.807) is 0 Å². The molecule has 0 fully saturated rings. The van der Waals surface area contributed by atoms with Crippen LogP contribution in [0.15, 0.2) is 48.5 Å². The highest BCUT2D eigenvalue weighted by atomic mass is 16.3. The third kappa shape index (κ3) is 2.08. The van der Waals surface area contributed by atoms with Crippen LogP contribution in [0.3, 0.4) is 0 Å². The van der Waals surface area contributed by atoms with E-state index in [9.17, 15) is 5.11 Å². The van der Waals surface area contributed by atoms with Gasteiger partial charge in [0, 0.05) is 0 Å². The van der Waals surface area contributed by atoms with E-state index in [1.165, 1.54) is 0 Å². The Kier molecular flexibility index (Phi) is 2.95. The Morgan fingerprint density at radius 3 is 2.12 bits per heavy atom. The molecule has 0 radical (unpaired) electrons. The molecule has 0 aliphatic heterocycles. The minimum atomic E-state index is 0.352. The molecule has 1 N–H and O–H groups in total. The number of aromatic hydroxyl groups is 1. The molecule has 2 rings (SSSR count). The minimum Gasteiger partial charge on any atom is -0.508 e. The molecule has 0 saturated carbocycles. The van der Waals surface area contributed by atoms with Gasteiger partial charge in [-0.15, -0.1) is 0 Å². The zero-order valence-electron chi connectivity index (χ0n) is 9.64. The van der Waals surface area contributed by atoms with Gasteiger partial charge in [0.05, 0.1) is 0 Å². The van der Waals surface area contributed by atoms with E-state index in [0.29, 0.717) is 11.7 Å². The van der Waals surface area contributed by atoms with Crippen molar-refractivity contribution >= 4 is 0 Å². The summed E-state index contributed by atoms with van der Waals surface area (Å²) in [5.74, 6) is 0.737. The normalized spacial score (nSPS) is 10.7. The number of rotatable bonds is 2. The second-order valence-electron chi connectivity index (χ2n) is 4.29. The molecule has 0 aliphatic carbocycles. The predicted molar refractivity (Wildman–Crippen MR) is 67.6 cm³/mol. The monoisotopic (exact) mass is 212 g/mol. The van der Waals surface area contributed by atoms with Crippen molar-refractivity contribution in [3.63, 3.8) is 0 Å². The Morgan fingerprint density at radius 2 is 1.56 bits per heavy atom. The minimum absolute atomic E-state index is 0.352. The molecule has 1 nitrogen and oxygen atoms in total. The van der Waals surface area contributed by atoms with Crippen LogP contribution in [-0.4, -0.2) is 5.11 Å². The lowest BCUT2D eigenvalue weighted by Gasteiger charge is -2.10. The van der Waals surface area contributed by atoms with Crippen LogP contribution in [0.2, 0.25) is 0 Å². The van der Waals surface area contributed by atoms with Crippen molar-refractivity contribution in [2.75, 3.05) is 0 Å². The standard InChI is InChI=1S/C15H16O/c1-11(2)14-9-8-13(10-15(14)16)12-6-4-3-5-7-12/h3-11,16H,1-2H3. The van der Waals surface area contributed by atoms with Gasteiger partial charge in [0.25, 0.3) is 0 Å². The largest absolute Gasteiger partial charge is 0.508 e. The summed E-state index contributed by atoms with van der Waals surface area (Å²) in [5, 5.41) is 9.92. The zero-order valence-corrected chi connectivity index (χ0v) is 9.64. The van der Waals surface area contributed by atoms with Crippen molar-refractivity contribution in [2.24, 2.45) is 0 Å². The molecule has 0 atom stereocenters. The first-order valence-electron chi connectivity index (χ1n) is 5.57. The second-order valence-corrected chi connectivity index (χ2v) is 4.29. The highest BCUT2D eigenvalue weighted by Crippen LogP contribution is 2.30. The number of phenols is 1. The molecule has 0 spiro atoms. The first-order valence-corrected chi connectivity index (χ1v) is 5.57. The van der Waals surface area contributed by atoms with Crippen LogP contribution >= 0.6 is 0 Å². The van der Waals surface area contributed by atoms with Crippen molar-refractivity contribution in [1.29, 1.82) is 0 Å². The molecule has 0 aromatic heterocycles. The van der Waals surface area contributed by atoms with E-state index in [1.807, 2.05) is 42.5 Å². The third-order valence-electron chi connectivity index (χ3n) is 2.76. The van der Waals surface area contributed by atoms with Gasteiger partial charge in [-0.1, -0.05) is 56.3 Å². The summed E-state index contributed by atoms with van der Waals surface area (Å²) in [7, 11) is 0. The molecule has 0 saturated heterocycles. The topological polar surface area (TPSA) is 20.2 Å². The van der Waals surface area contributed by atoms with Gasteiger partial charge < -0.3 is 5.11 Å². The lowest BCUT2D eigenvalue weighted by atomic mass is 9.97. The number of benzene rings is 2. The Morgan fingerprint density at radius 1 is 0.875 bits per heavy atom. The van der Waals surface area contributed by atoms with Crippen molar-refractivity contribution in [1.82, 2.24) is 0 Å². The summed E-state index contributed by atoms with van der Waals surface area (Å²) in [5.41, 5.74) is 3.19. The predicted octanol–water partition coefficient (Wildman–Crippen LogP) is 4.18. The highest BCUT2D eigenvalue weighted by Gasteiger charge is 2.06. The van der Waals surface area contributed by atoms with Gasteiger partial charge in [-0.3, -0.25) is 0 Å². The molecule has 0 aliphatic rings. The van der Waals surface area contributed by atoms with E-state index < -0.39 is 0 Å². The van der Waals surface area contributed by atoms with Crippen LogP contribution in [0, 0.1) is 0 Å².